The van der Waals surface area contributed by atoms with Crippen LogP contribution in [0.2, 0.25) is 0 Å². The molecule has 0 aliphatic carbocycles. The third-order valence-electron chi connectivity index (χ3n) is 4.75. The molecule has 0 bridgehead atoms. The highest BCUT2D eigenvalue weighted by atomic mass is 32.2. The summed E-state index contributed by atoms with van der Waals surface area (Å²) in [6.45, 7) is 0.773. The van der Waals surface area contributed by atoms with Crippen LogP contribution in [0.5, 0.6) is 11.5 Å². The minimum Gasteiger partial charge on any atom is -0.490 e. The molecule has 3 aromatic rings. The summed E-state index contributed by atoms with van der Waals surface area (Å²) in [6, 6.07) is 25.2. The smallest absolute Gasteiger partial charge is 0.255 e. The maximum Gasteiger partial charge on any atom is 0.255 e. The first-order chi connectivity index (χ1) is 14.3. The molecule has 29 heavy (non-hydrogen) atoms. The van der Waals surface area contributed by atoms with Crippen molar-refractivity contribution in [3.8, 4) is 11.5 Å². The van der Waals surface area contributed by atoms with Gasteiger partial charge >= 0.3 is 0 Å². The van der Waals surface area contributed by atoms with E-state index >= 15 is 0 Å². The summed E-state index contributed by atoms with van der Waals surface area (Å²) in [5.74, 6) is 2.25. The van der Waals surface area contributed by atoms with E-state index in [-0.39, 0.29) is 11.9 Å². The lowest BCUT2D eigenvalue weighted by molar-refractivity contribution is 0.0929. The van der Waals surface area contributed by atoms with E-state index in [1.54, 1.807) is 6.07 Å². The first-order valence-electron chi connectivity index (χ1n) is 9.73. The van der Waals surface area contributed by atoms with Gasteiger partial charge in [-0.15, -0.1) is 11.8 Å². The first-order valence-corrected chi connectivity index (χ1v) is 10.7. The third kappa shape index (κ3) is 4.93. The molecule has 0 fully saturated rings. The molecule has 0 saturated heterocycles. The number of fused-ring (bicyclic) bond motifs is 1. The number of para-hydroxylation sites is 2. The number of amides is 1. The number of nitrogens with one attached hydrogen (secondary N) is 1. The van der Waals surface area contributed by atoms with Crippen LogP contribution in [-0.2, 0) is 0 Å². The van der Waals surface area contributed by atoms with E-state index in [2.05, 4.69) is 17.4 Å². The van der Waals surface area contributed by atoms with Crippen molar-refractivity contribution in [2.24, 2.45) is 0 Å². The van der Waals surface area contributed by atoms with Gasteiger partial charge in [0.1, 0.15) is 24.7 Å². The molecule has 0 aromatic heterocycles. The van der Waals surface area contributed by atoms with E-state index in [1.807, 2.05) is 72.4 Å². The lowest BCUT2D eigenvalue weighted by atomic mass is 10.0. The maximum absolute atomic E-state index is 13.0. The molecule has 1 aliphatic heterocycles. The van der Waals surface area contributed by atoms with Crippen LogP contribution in [0.4, 0.5) is 0 Å². The van der Waals surface area contributed by atoms with E-state index in [4.69, 9.17) is 9.47 Å². The largest absolute Gasteiger partial charge is 0.490 e. The predicted octanol–water partition coefficient (Wildman–Crippen LogP) is 5.11. The van der Waals surface area contributed by atoms with Gasteiger partial charge in [0, 0.05) is 10.6 Å². The predicted molar refractivity (Wildman–Crippen MR) is 116 cm³/mol. The Bertz CT molecular complexity index is 961. The van der Waals surface area contributed by atoms with E-state index < -0.39 is 0 Å². The summed E-state index contributed by atoms with van der Waals surface area (Å²) in [7, 11) is 0. The van der Waals surface area contributed by atoms with Gasteiger partial charge in [-0.1, -0.05) is 48.5 Å². The fourth-order valence-corrected chi connectivity index (χ4v) is 4.46. The molecular formula is C24H23NO3S. The van der Waals surface area contributed by atoms with Gasteiger partial charge in [0.15, 0.2) is 0 Å². The molecule has 1 N–H and O–H groups in total. The zero-order valence-electron chi connectivity index (χ0n) is 16.0. The van der Waals surface area contributed by atoms with Crippen molar-refractivity contribution in [2.75, 3.05) is 19.0 Å². The average molecular weight is 406 g/mol. The molecule has 0 saturated carbocycles. The van der Waals surface area contributed by atoms with Crippen molar-refractivity contribution >= 4 is 17.7 Å². The molecule has 4 nitrogen and oxygen atoms in total. The fraction of sp³-hybridized carbons (Fsp3) is 0.208. The molecule has 1 aliphatic rings. The molecule has 0 radical (unpaired) electrons. The van der Waals surface area contributed by atoms with Crippen LogP contribution in [0.15, 0.2) is 83.8 Å². The summed E-state index contributed by atoms with van der Waals surface area (Å²) in [4.78, 5) is 14.2. The van der Waals surface area contributed by atoms with E-state index in [1.165, 1.54) is 10.5 Å². The Morgan fingerprint density at radius 2 is 1.62 bits per heavy atom. The second kappa shape index (κ2) is 9.52. The normalized spacial score (nSPS) is 15.2. The third-order valence-corrected chi connectivity index (χ3v) is 5.87. The standard InChI is InChI=1S/C24H23NO3S/c26-24(25-21-14-17-29-23-13-7-5-10-19(21)23)20-11-4-6-12-22(20)28-16-15-27-18-8-2-1-3-9-18/h1-13,21H,14-17H2,(H,25,26)/t21-/m1/s1. The Morgan fingerprint density at radius 3 is 2.52 bits per heavy atom. The lowest BCUT2D eigenvalue weighted by Gasteiger charge is -2.26. The number of carbonyl (C=O) groups is 1. The molecule has 5 heteroatoms. The Hall–Kier alpha value is -2.92. The van der Waals surface area contributed by atoms with Gasteiger partial charge in [-0.05, 0) is 42.3 Å². The van der Waals surface area contributed by atoms with Crippen LogP contribution in [0.3, 0.4) is 0 Å². The maximum atomic E-state index is 13.0. The van der Waals surface area contributed by atoms with Gasteiger partial charge in [-0.2, -0.15) is 0 Å². The molecule has 4 rings (SSSR count). The molecule has 1 atom stereocenters. The monoisotopic (exact) mass is 405 g/mol. The minimum atomic E-state index is -0.115. The van der Waals surface area contributed by atoms with Gasteiger partial charge in [-0.3, -0.25) is 4.79 Å². The van der Waals surface area contributed by atoms with Gasteiger partial charge < -0.3 is 14.8 Å². The Labute approximate surface area is 175 Å². The number of carbonyl (C=O) groups excluding carboxylic acids is 1. The molecule has 3 aromatic carbocycles. The number of ether oxygens (including phenoxy) is 2. The fourth-order valence-electron chi connectivity index (χ4n) is 3.34. The van der Waals surface area contributed by atoms with E-state index in [0.717, 1.165) is 17.9 Å². The van der Waals surface area contributed by atoms with Crippen molar-refractivity contribution in [3.63, 3.8) is 0 Å². The van der Waals surface area contributed by atoms with Gasteiger partial charge in [0.05, 0.1) is 11.6 Å². The number of hydrogen-bond donors (Lipinski definition) is 1. The Morgan fingerprint density at radius 1 is 0.897 bits per heavy atom. The summed E-state index contributed by atoms with van der Waals surface area (Å²) < 4.78 is 11.5. The molecule has 1 amide bonds. The quantitative estimate of drug-likeness (QED) is 0.555. The topological polar surface area (TPSA) is 47.6 Å². The van der Waals surface area contributed by atoms with Crippen molar-refractivity contribution in [2.45, 2.75) is 17.4 Å². The Kier molecular flexibility index (Phi) is 6.37. The van der Waals surface area contributed by atoms with Gasteiger partial charge in [0.2, 0.25) is 0 Å². The molecule has 148 valence electrons. The zero-order valence-corrected chi connectivity index (χ0v) is 16.9. The SMILES string of the molecule is O=C(N[C@@H]1CCSc2ccccc21)c1ccccc1OCCOc1ccccc1. The first kappa shape index (κ1) is 19.4. The van der Waals surface area contributed by atoms with Crippen molar-refractivity contribution in [1.29, 1.82) is 0 Å². The second-order valence-corrected chi connectivity index (χ2v) is 7.84. The summed E-state index contributed by atoms with van der Waals surface area (Å²) in [6.07, 6.45) is 0.918. The van der Waals surface area contributed by atoms with E-state index in [0.29, 0.717) is 24.5 Å². The van der Waals surface area contributed by atoms with Gasteiger partial charge in [-0.25, -0.2) is 0 Å². The van der Waals surface area contributed by atoms with E-state index in [9.17, 15) is 4.79 Å². The van der Waals surface area contributed by atoms with Crippen molar-refractivity contribution < 1.29 is 14.3 Å². The molecule has 0 spiro atoms. The number of hydrogen-bond acceptors (Lipinski definition) is 4. The zero-order chi connectivity index (χ0) is 19.9. The van der Waals surface area contributed by atoms with Crippen molar-refractivity contribution in [1.82, 2.24) is 5.32 Å². The molecular weight excluding hydrogens is 382 g/mol. The lowest BCUT2D eigenvalue weighted by Crippen LogP contribution is -2.31. The van der Waals surface area contributed by atoms with Crippen LogP contribution in [0, 0.1) is 0 Å². The summed E-state index contributed by atoms with van der Waals surface area (Å²) in [5, 5.41) is 3.18. The minimum absolute atomic E-state index is 0.0226. The molecule has 0 unspecified atom stereocenters. The Balaban J connectivity index is 1.38. The highest BCUT2D eigenvalue weighted by molar-refractivity contribution is 7.99. The molecule has 1 heterocycles. The number of thioether (sulfide) groups is 1. The average Bonchev–Trinajstić information content (AvgIpc) is 2.78. The highest BCUT2D eigenvalue weighted by Gasteiger charge is 2.23. The van der Waals surface area contributed by atoms with Crippen LogP contribution >= 0.6 is 11.8 Å². The highest BCUT2D eigenvalue weighted by Crippen LogP contribution is 2.36. The van der Waals surface area contributed by atoms with Gasteiger partial charge in [0.25, 0.3) is 5.91 Å². The summed E-state index contributed by atoms with van der Waals surface area (Å²) >= 11 is 1.84. The number of rotatable bonds is 7. The number of benzene rings is 3. The summed E-state index contributed by atoms with van der Waals surface area (Å²) in [5.41, 5.74) is 1.73. The van der Waals surface area contributed by atoms with Crippen LogP contribution in [-0.4, -0.2) is 24.9 Å². The van der Waals surface area contributed by atoms with Crippen LogP contribution in [0.25, 0.3) is 0 Å². The van der Waals surface area contributed by atoms with Crippen LogP contribution < -0.4 is 14.8 Å². The van der Waals surface area contributed by atoms with Crippen LogP contribution in [0.1, 0.15) is 28.4 Å². The van der Waals surface area contributed by atoms with Crippen molar-refractivity contribution in [3.05, 3.63) is 90.0 Å². The second-order valence-electron chi connectivity index (χ2n) is 6.71.